The highest BCUT2D eigenvalue weighted by Crippen LogP contribution is 2.64. The molecule has 0 aromatic heterocycles. The molecule has 0 aliphatic heterocycles. The number of hydrogen-bond donors (Lipinski definition) is 2. The number of carbonyl (C=O) groups is 5. The van der Waals surface area contributed by atoms with Crippen molar-refractivity contribution in [1.29, 1.82) is 0 Å². The van der Waals surface area contributed by atoms with Crippen molar-refractivity contribution in [1.82, 2.24) is 0 Å². The SMILES string of the molecule is CC(=O)C1C(=O)C(C(C)C)[C@@]2(C)C[C@@]3(C)Cc4c(C5=CCC=C5)cc(CCC5CCCC5)c(O)c4C(=O)C3C(=O)[C@@]2(O)C1=O. The van der Waals surface area contributed by atoms with Gasteiger partial charge in [0.2, 0.25) is 0 Å². The fraction of sp³-hybridized carbons (Fsp3) is 0.595. The molecule has 234 valence electrons. The van der Waals surface area contributed by atoms with E-state index in [0.29, 0.717) is 23.5 Å². The van der Waals surface area contributed by atoms with Gasteiger partial charge in [0.25, 0.3) is 0 Å². The molecule has 0 radical (unpaired) electrons. The van der Waals surface area contributed by atoms with Crippen LogP contribution >= 0.6 is 0 Å². The molecule has 3 unspecified atom stereocenters. The minimum absolute atomic E-state index is 0.0571. The number of phenolic OH excluding ortho intramolecular Hbond substituents is 1. The van der Waals surface area contributed by atoms with Crippen LogP contribution in [0.3, 0.4) is 0 Å². The second kappa shape index (κ2) is 10.4. The van der Waals surface area contributed by atoms with Crippen molar-refractivity contribution in [3.8, 4) is 5.75 Å². The van der Waals surface area contributed by atoms with Crippen molar-refractivity contribution in [2.24, 2.45) is 40.4 Å². The summed E-state index contributed by atoms with van der Waals surface area (Å²) in [6.45, 7) is 8.16. The minimum Gasteiger partial charge on any atom is -0.507 e. The summed E-state index contributed by atoms with van der Waals surface area (Å²) in [5, 5.41) is 24.0. The van der Waals surface area contributed by atoms with Crippen LogP contribution in [-0.2, 0) is 32.0 Å². The number of fused-ring (bicyclic) bond motifs is 3. The smallest absolute Gasteiger partial charge is 0.190 e. The summed E-state index contributed by atoms with van der Waals surface area (Å²) < 4.78 is 0. The maximum Gasteiger partial charge on any atom is 0.190 e. The Morgan fingerprint density at radius 3 is 2.34 bits per heavy atom. The summed E-state index contributed by atoms with van der Waals surface area (Å²) in [4.78, 5) is 69.5. The number of carbonyl (C=O) groups excluding carboxylic acids is 5. The van der Waals surface area contributed by atoms with Gasteiger partial charge in [0.05, 0.1) is 11.5 Å². The van der Waals surface area contributed by atoms with Crippen molar-refractivity contribution in [3.05, 3.63) is 46.5 Å². The summed E-state index contributed by atoms with van der Waals surface area (Å²) >= 11 is 0. The fourth-order valence-corrected chi connectivity index (χ4v) is 10.0. The molecule has 5 aliphatic rings. The number of Topliss-reactive ketones (excluding diaryl/α,β-unsaturated/α-hetero) is 5. The second-order valence-corrected chi connectivity index (χ2v) is 15.1. The monoisotopic (exact) mass is 600 g/mol. The zero-order valence-electron chi connectivity index (χ0n) is 26.5. The van der Waals surface area contributed by atoms with E-state index in [1.54, 1.807) is 20.8 Å². The fourth-order valence-electron chi connectivity index (χ4n) is 10.0. The molecule has 6 rings (SSSR count). The lowest BCUT2D eigenvalue weighted by atomic mass is 9.39. The average Bonchev–Trinajstić information content (AvgIpc) is 3.65. The van der Waals surface area contributed by atoms with Crippen molar-refractivity contribution < 1.29 is 34.2 Å². The number of aliphatic hydroxyl groups is 1. The lowest BCUT2D eigenvalue weighted by Gasteiger charge is -2.62. The molecule has 0 bridgehead atoms. The highest BCUT2D eigenvalue weighted by molar-refractivity contribution is 6.32. The van der Waals surface area contributed by atoms with Crippen LogP contribution in [0.25, 0.3) is 5.57 Å². The van der Waals surface area contributed by atoms with E-state index in [9.17, 15) is 34.2 Å². The molecule has 7 heteroatoms. The Kier molecular flexibility index (Phi) is 7.31. The Bertz CT molecular complexity index is 1560. The molecule has 3 saturated carbocycles. The Balaban J connectivity index is 1.52. The zero-order valence-corrected chi connectivity index (χ0v) is 26.5. The van der Waals surface area contributed by atoms with E-state index in [2.05, 4.69) is 6.08 Å². The van der Waals surface area contributed by atoms with Gasteiger partial charge in [-0.2, -0.15) is 0 Å². The van der Waals surface area contributed by atoms with Gasteiger partial charge < -0.3 is 10.2 Å². The van der Waals surface area contributed by atoms with Crippen LogP contribution in [-0.4, -0.2) is 44.7 Å². The van der Waals surface area contributed by atoms with Gasteiger partial charge >= 0.3 is 0 Å². The molecule has 6 atom stereocenters. The summed E-state index contributed by atoms with van der Waals surface area (Å²) in [5.41, 5.74) is -1.94. The van der Waals surface area contributed by atoms with E-state index in [0.717, 1.165) is 43.7 Å². The van der Waals surface area contributed by atoms with E-state index in [1.165, 1.54) is 12.8 Å². The number of ketones is 5. The third-order valence-corrected chi connectivity index (χ3v) is 11.8. The predicted octanol–water partition coefficient (Wildman–Crippen LogP) is 5.56. The number of allylic oxidation sites excluding steroid dienone is 4. The van der Waals surface area contributed by atoms with Gasteiger partial charge in [0, 0.05) is 11.3 Å². The molecule has 0 spiro atoms. The first-order valence-corrected chi connectivity index (χ1v) is 16.3. The number of phenols is 1. The zero-order chi connectivity index (χ0) is 31.9. The van der Waals surface area contributed by atoms with E-state index in [1.807, 2.05) is 25.1 Å². The van der Waals surface area contributed by atoms with E-state index < -0.39 is 63.1 Å². The molecule has 1 aromatic rings. The van der Waals surface area contributed by atoms with Gasteiger partial charge in [-0.1, -0.05) is 71.6 Å². The number of benzene rings is 1. The number of aromatic hydroxyl groups is 1. The summed E-state index contributed by atoms with van der Waals surface area (Å²) in [6, 6.07) is 2.01. The first kappa shape index (κ1) is 30.8. The lowest BCUT2D eigenvalue weighted by molar-refractivity contribution is -0.205. The summed E-state index contributed by atoms with van der Waals surface area (Å²) in [5.74, 6) is -7.93. The maximum atomic E-state index is 14.6. The first-order valence-electron chi connectivity index (χ1n) is 16.3. The van der Waals surface area contributed by atoms with Gasteiger partial charge in [0.1, 0.15) is 17.5 Å². The van der Waals surface area contributed by atoms with Crippen LogP contribution in [0.1, 0.15) is 107 Å². The van der Waals surface area contributed by atoms with E-state index in [-0.39, 0.29) is 30.1 Å². The van der Waals surface area contributed by atoms with Gasteiger partial charge in [-0.3, -0.25) is 24.0 Å². The van der Waals surface area contributed by atoms with Gasteiger partial charge in [-0.05, 0) is 84.6 Å². The molecule has 0 amide bonds. The Morgan fingerprint density at radius 2 is 1.75 bits per heavy atom. The Labute approximate surface area is 259 Å². The van der Waals surface area contributed by atoms with Crippen LogP contribution in [0.4, 0.5) is 0 Å². The van der Waals surface area contributed by atoms with Crippen LogP contribution in [0, 0.1) is 40.4 Å². The van der Waals surface area contributed by atoms with Crippen LogP contribution in [0.5, 0.6) is 5.75 Å². The van der Waals surface area contributed by atoms with Crippen molar-refractivity contribution in [2.75, 3.05) is 0 Å². The van der Waals surface area contributed by atoms with Crippen LogP contribution in [0.15, 0.2) is 24.3 Å². The molecular weight excluding hydrogens is 556 g/mol. The molecule has 0 saturated heterocycles. The minimum atomic E-state index is -2.68. The molecule has 1 aromatic carbocycles. The molecule has 0 heterocycles. The highest BCUT2D eigenvalue weighted by atomic mass is 16.3. The predicted molar refractivity (Wildman–Crippen MR) is 165 cm³/mol. The topological polar surface area (TPSA) is 126 Å². The van der Waals surface area contributed by atoms with Crippen molar-refractivity contribution >= 4 is 34.5 Å². The maximum absolute atomic E-state index is 14.6. The Morgan fingerprint density at radius 1 is 1.07 bits per heavy atom. The normalized spacial score (nSPS) is 35.2. The lowest BCUT2D eigenvalue weighted by Crippen LogP contribution is -2.76. The van der Waals surface area contributed by atoms with Gasteiger partial charge in [-0.25, -0.2) is 0 Å². The second-order valence-electron chi connectivity index (χ2n) is 15.1. The number of rotatable bonds is 6. The van der Waals surface area contributed by atoms with Crippen LogP contribution in [0.2, 0.25) is 0 Å². The molecule has 2 N–H and O–H groups in total. The highest BCUT2D eigenvalue weighted by Gasteiger charge is 2.76. The Hall–Kier alpha value is -3.19. The quantitative estimate of drug-likeness (QED) is 0.410. The molecule has 3 fully saturated rings. The first-order chi connectivity index (χ1) is 20.7. The molecular formula is C37H44O7. The van der Waals surface area contributed by atoms with Gasteiger partial charge in [-0.15, -0.1) is 0 Å². The molecule has 44 heavy (non-hydrogen) atoms. The van der Waals surface area contributed by atoms with E-state index in [4.69, 9.17) is 0 Å². The van der Waals surface area contributed by atoms with Gasteiger partial charge in [0.15, 0.2) is 28.7 Å². The number of aryl methyl sites for hydroxylation is 1. The largest absolute Gasteiger partial charge is 0.507 e. The summed E-state index contributed by atoms with van der Waals surface area (Å²) in [6.07, 6.45) is 13.5. The molecule has 5 aliphatic carbocycles. The van der Waals surface area contributed by atoms with Crippen LogP contribution < -0.4 is 0 Å². The van der Waals surface area contributed by atoms with Crippen molar-refractivity contribution in [3.63, 3.8) is 0 Å². The third-order valence-electron chi connectivity index (χ3n) is 11.8. The summed E-state index contributed by atoms with van der Waals surface area (Å²) in [7, 11) is 0. The third kappa shape index (κ3) is 4.14. The average molecular weight is 601 g/mol. The molecule has 7 nitrogen and oxygen atoms in total. The number of hydrogen-bond acceptors (Lipinski definition) is 7. The van der Waals surface area contributed by atoms with E-state index >= 15 is 0 Å². The van der Waals surface area contributed by atoms with Crippen molar-refractivity contribution in [2.45, 2.75) is 98.0 Å². The standard InChI is InChI=1S/C37H44O7/c1-19(2)28-31(40)26(20(3)38)33(42)37(44)34(43)29-32(41)27-25(17-35(29,4)18-36(28,37)5)24(22-12-8-9-13-22)16-23(30(27)39)15-14-21-10-6-7-11-21/h8,12-13,16,19,21,26,28-29,39,44H,6-7,9-11,14-15,17-18H2,1-5H3/t26?,28?,29?,35-,36-,37+/m1/s1.